The molecule has 1 atom stereocenters. The van der Waals surface area contributed by atoms with Gasteiger partial charge >= 0.3 is 0 Å². The highest BCUT2D eigenvalue weighted by molar-refractivity contribution is 5.95. The van der Waals surface area contributed by atoms with Crippen LogP contribution in [-0.2, 0) is 11.2 Å². The number of benzene rings is 2. The van der Waals surface area contributed by atoms with Crippen LogP contribution in [0.15, 0.2) is 54.6 Å². The molecule has 2 rings (SSSR count). The molecule has 0 aromatic heterocycles. The van der Waals surface area contributed by atoms with Crippen molar-refractivity contribution < 1.29 is 10.0 Å². The molecular formula is C15H16N3O3-. The van der Waals surface area contributed by atoms with E-state index in [1.165, 1.54) is 24.3 Å². The second-order valence-electron chi connectivity index (χ2n) is 4.61. The lowest BCUT2D eigenvalue weighted by atomic mass is 10.1. The third-order valence-corrected chi connectivity index (χ3v) is 2.99. The van der Waals surface area contributed by atoms with Gasteiger partial charge in [0.2, 0.25) is 5.91 Å². The molecule has 6 nitrogen and oxygen atoms in total. The van der Waals surface area contributed by atoms with Gasteiger partial charge in [0.25, 0.3) is 0 Å². The largest absolute Gasteiger partial charge is 0.733 e. The first kappa shape index (κ1) is 15.0. The maximum absolute atomic E-state index is 12.0. The van der Waals surface area contributed by atoms with Crippen LogP contribution in [-0.4, -0.2) is 17.2 Å². The Balaban J connectivity index is 1.94. The lowest BCUT2D eigenvalue weighted by molar-refractivity contribution is -0.117. The minimum atomic E-state index is -0.666. The Labute approximate surface area is 122 Å². The molecule has 0 bridgehead atoms. The van der Waals surface area contributed by atoms with Crippen LogP contribution in [0.4, 0.5) is 11.4 Å². The number of hydrogen-bond acceptors (Lipinski definition) is 5. The second kappa shape index (κ2) is 6.85. The van der Waals surface area contributed by atoms with E-state index in [0.717, 1.165) is 5.56 Å². The van der Waals surface area contributed by atoms with Crippen LogP contribution in [0.2, 0.25) is 0 Å². The molecule has 0 aliphatic heterocycles. The van der Waals surface area contributed by atoms with Gasteiger partial charge < -0.3 is 21.5 Å². The minimum absolute atomic E-state index is 0.0848. The topological polar surface area (TPSA) is 102 Å². The lowest BCUT2D eigenvalue weighted by Gasteiger charge is -2.21. The van der Waals surface area contributed by atoms with Crippen molar-refractivity contribution in [3.8, 4) is 0 Å². The van der Waals surface area contributed by atoms with Crippen LogP contribution in [0.1, 0.15) is 5.56 Å². The number of nitrogens with two attached hydrogens (primary N) is 1. The molecule has 2 aromatic carbocycles. The first-order valence-corrected chi connectivity index (χ1v) is 6.43. The molecule has 0 saturated carbocycles. The van der Waals surface area contributed by atoms with Crippen molar-refractivity contribution in [2.45, 2.75) is 12.5 Å². The molecule has 1 unspecified atom stereocenters. The van der Waals surface area contributed by atoms with Crippen molar-refractivity contribution in [2.75, 3.05) is 10.5 Å². The van der Waals surface area contributed by atoms with Gasteiger partial charge in [-0.2, -0.15) is 0 Å². The molecule has 21 heavy (non-hydrogen) atoms. The summed E-state index contributed by atoms with van der Waals surface area (Å²) < 4.78 is 0. The summed E-state index contributed by atoms with van der Waals surface area (Å²) in [6, 6.07) is 14.7. The number of amides is 1. The predicted molar refractivity (Wildman–Crippen MR) is 80.8 cm³/mol. The Morgan fingerprint density at radius 1 is 1.19 bits per heavy atom. The average molecular weight is 286 g/mol. The minimum Gasteiger partial charge on any atom is -0.733 e. The van der Waals surface area contributed by atoms with Gasteiger partial charge in [0, 0.05) is 5.69 Å². The maximum atomic E-state index is 12.0. The van der Waals surface area contributed by atoms with Crippen molar-refractivity contribution in [1.82, 2.24) is 0 Å². The zero-order valence-electron chi connectivity index (χ0n) is 11.3. The third kappa shape index (κ3) is 4.28. The molecule has 0 heterocycles. The molecule has 0 aliphatic rings. The van der Waals surface area contributed by atoms with Gasteiger partial charge in [-0.15, -0.1) is 0 Å². The quantitative estimate of drug-likeness (QED) is 0.728. The monoisotopic (exact) mass is 286 g/mol. The molecule has 6 heteroatoms. The van der Waals surface area contributed by atoms with E-state index in [2.05, 4.69) is 5.32 Å². The summed E-state index contributed by atoms with van der Waals surface area (Å²) in [5.74, 6) is -0.311. The zero-order valence-corrected chi connectivity index (χ0v) is 11.3. The van der Waals surface area contributed by atoms with E-state index < -0.39 is 6.04 Å². The fourth-order valence-electron chi connectivity index (χ4n) is 1.87. The molecule has 0 fully saturated rings. The van der Waals surface area contributed by atoms with Crippen molar-refractivity contribution >= 4 is 17.3 Å². The molecule has 1 amide bonds. The van der Waals surface area contributed by atoms with Crippen molar-refractivity contribution in [3.05, 3.63) is 65.4 Å². The molecule has 0 spiro atoms. The number of nitrogens with one attached hydrogen (secondary N) is 1. The van der Waals surface area contributed by atoms with Crippen LogP contribution in [0.3, 0.4) is 0 Å². The molecule has 110 valence electrons. The highest BCUT2D eigenvalue weighted by Crippen LogP contribution is 2.16. The van der Waals surface area contributed by atoms with Gasteiger partial charge in [-0.3, -0.25) is 10.0 Å². The van der Waals surface area contributed by atoms with E-state index >= 15 is 0 Å². The molecular weight excluding hydrogens is 270 g/mol. The summed E-state index contributed by atoms with van der Waals surface area (Å²) in [6.07, 6.45) is 0.440. The summed E-state index contributed by atoms with van der Waals surface area (Å²) in [5.41, 5.74) is 7.44. The van der Waals surface area contributed by atoms with E-state index in [1.807, 2.05) is 30.3 Å². The Morgan fingerprint density at radius 3 is 2.38 bits per heavy atom. The molecule has 2 aromatic rings. The highest BCUT2D eigenvalue weighted by Gasteiger charge is 2.14. The van der Waals surface area contributed by atoms with Crippen LogP contribution < -0.4 is 16.3 Å². The van der Waals surface area contributed by atoms with Crippen LogP contribution in [0.5, 0.6) is 0 Å². The number of carbonyl (C=O) groups excluding carboxylic acids is 1. The van der Waals surface area contributed by atoms with E-state index in [4.69, 9.17) is 10.9 Å². The highest BCUT2D eigenvalue weighted by atomic mass is 16.8. The van der Waals surface area contributed by atoms with Crippen molar-refractivity contribution in [2.24, 2.45) is 5.73 Å². The standard InChI is InChI=1S/C15H16N3O3/c16-14(10-11-4-2-1-3-5-11)15(19)17-12-6-8-13(9-7-12)18(20)21/h1-9,14,20H,10,16H2,(H,17,19)/q-1. The number of hydrogen-bond donors (Lipinski definition) is 3. The van der Waals surface area contributed by atoms with Crippen LogP contribution in [0, 0.1) is 5.21 Å². The Bertz CT molecular complexity index is 585. The fourth-order valence-corrected chi connectivity index (χ4v) is 1.87. The normalized spacial score (nSPS) is 11.8. The average Bonchev–Trinajstić information content (AvgIpc) is 2.48. The van der Waals surface area contributed by atoms with Gasteiger partial charge in [0.1, 0.15) is 0 Å². The number of carbonyl (C=O) groups is 1. The van der Waals surface area contributed by atoms with Gasteiger partial charge in [-0.1, -0.05) is 30.3 Å². The maximum Gasteiger partial charge on any atom is 0.241 e. The first-order valence-electron chi connectivity index (χ1n) is 6.43. The van der Waals surface area contributed by atoms with Gasteiger partial charge in [0.05, 0.1) is 11.7 Å². The summed E-state index contributed by atoms with van der Waals surface area (Å²) >= 11 is 0. The van der Waals surface area contributed by atoms with Gasteiger partial charge in [-0.25, -0.2) is 0 Å². The Morgan fingerprint density at radius 2 is 1.81 bits per heavy atom. The number of anilines is 2. The number of rotatable bonds is 5. The van der Waals surface area contributed by atoms with Crippen molar-refractivity contribution in [1.29, 1.82) is 0 Å². The van der Waals surface area contributed by atoms with Gasteiger partial charge in [0.15, 0.2) is 0 Å². The van der Waals surface area contributed by atoms with Crippen LogP contribution >= 0.6 is 0 Å². The van der Waals surface area contributed by atoms with Crippen molar-refractivity contribution in [3.63, 3.8) is 0 Å². The smallest absolute Gasteiger partial charge is 0.241 e. The molecule has 4 N–H and O–H groups in total. The Hall–Kier alpha value is -2.41. The van der Waals surface area contributed by atoms with E-state index in [9.17, 15) is 10.0 Å². The SMILES string of the molecule is NC(Cc1ccccc1)C(=O)Nc1ccc(N([O-])O)cc1. The number of nitrogens with zero attached hydrogens (tertiary/aromatic N) is 1. The molecule has 0 aliphatic carbocycles. The summed E-state index contributed by atoms with van der Waals surface area (Å²) in [6.45, 7) is 0. The summed E-state index contributed by atoms with van der Waals surface area (Å²) in [5, 5.41) is 21.8. The molecule has 0 radical (unpaired) electrons. The molecule has 0 saturated heterocycles. The van der Waals surface area contributed by atoms with E-state index in [-0.39, 0.29) is 16.8 Å². The predicted octanol–water partition coefficient (Wildman–Crippen LogP) is 1.89. The lowest BCUT2D eigenvalue weighted by Crippen LogP contribution is -2.37. The summed E-state index contributed by atoms with van der Waals surface area (Å²) in [7, 11) is 0. The Kier molecular flexibility index (Phi) is 4.89. The van der Waals surface area contributed by atoms with E-state index in [1.54, 1.807) is 0 Å². The third-order valence-electron chi connectivity index (χ3n) is 2.99. The fraction of sp³-hybridized carbons (Fsp3) is 0.133. The summed E-state index contributed by atoms with van der Waals surface area (Å²) in [4.78, 5) is 12.0. The van der Waals surface area contributed by atoms with Crippen LogP contribution in [0.25, 0.3) is 0 Å². The van der Waals surface area contributed by atoms with Gasteiger partial charge in [-0.05, 0) is 36.2 Å². The zero-order chi connectivity index (χ0) is 15.2. The first-order chi connectivity index (χ1) is 10.1. The van der Waals surface area contributed by atoms with E-state index in [0.29, 0.717) is 12.1 Å². The second-order valence-corrected chi connectivity index (χ2v) is 4.61.